The van der Waals surface area contributed by atoms with Crippen molar-refractivity contribution in [3.8, 4) is 0 Å². The van der Waals surface area contributed by atoms with Crippen molar-refractivity contribution in [1.29, 1.82) is 0 Å². The van der Waals surface area contributed by atoms with Gasteiger partial charge in [-0.2, -0.15) is 0 Å². The molecule has 6 heteroatoms. The molecule has 2 atom stereocenters. The normalized spacial score (nSPS) is 31.6. The summed E-state index contributed by atoms with van der Waals surface area (Å²) in [6, 6.07) is 0. The Bertz CT molecular complexity index is 456. The van der Waals surface area contributed by atoms with Crippen LogP contribution in [0.1, 0.15) is 27.7 Å². The van der Waals surface area contributed by atoms with Crippen molar-refractivity contribution in [1.82, 2.24) is 10.2 Å². The third-order valence-electron chi connectivity index (χ3n) is 4.48. The third-order valence-corrected chi connectivity index (χ3v) is 4.48. The number of hydrogen-bond acceptors (Lipinski definition) is 3. The van der Waals surface area contributed by atoms with Gasteiger partial charge in [-0.25, -0.2) is 0 Å². The molecule has 1 saturated heterocycles. The van der Waals surface area contributed by atoms with E-state index in [2.05, 4.69) is 5.32 Å². The van der Waals surface area contributed by atoms with E-state index in [4.69, 9.17) is 5.11 Å². The van der Waals surface area contributed by atoms with Crippen molar-refractivity contribution in [2.45, 2.75) is 33.2 Å². The average Bonchev–Trinajstić information content (AvgIpc) is 2.85. The molecule has 0 spiro atoms. The van der Waals surface area contributed by atoms with Crippen LogP contribution in [0.4, 0.5) is 0 Å². The van der Waals surface area contributed by atoms with Gasteiger partial charge >= 0.3 is 5.97 Å². The van der Waals surface area contributed by atoms with Crippen molar-refractivity contribution in [2.75, 3.05) is 13.1 Å². The topological polar surface area (TPSA) is 86.7 Å². The van der Waals surface area contributed by atoms with Gasteiger partial charge in [-0.05, 0) is 19.3 Å². The van der Waals surface area contributed by atoms with Gasteiger partial charge in [0, 0.05) is 13.1 Å². The molecule has 6 nitrogen and oxygen atoms in total. The Balaban J connectivity index is 2.22. The minimum absolute atomic E-state index is 0.197. The number of carboxylic acids is 1. The van der Waals surface area contributed by atoms with E-state index in [0.29, 0.717) is 13.1 Å². The van der Waals surface area contributed by atoms with E-state index in [1.54, 1.807) is 27.7 Å². The Morgan fingerprint density at radius 1 is 1.26 bits per heavy atom. The van der Waals surface area contributed by atoms with Crippen molar-refractivity contribution < 1.29 is 19.5 Å². The van der Waals surface area contributed by atoms with Gasteiger partial charge in [0.1, 0.15) is 5.54 Å². The number of piperazine rings is 1. The Morgan fingerprint density at radius 2 is 1.84 bits per heavy atom. The van der Waals surface area contributed by atoms with Crippen LogP contribution in [0.5, 0.6) is 0 Å². The molecule has 1 aliphatic carbocycles. The lowest BCUT2D eigenvalue weighted by Gasteiger charge is -2.41. The largest absolute Gasteiger partial charge is 0.481 e. The summed E-state index contributed by atoms with van der Waals surface area (Å²) >= 11 is 0. The first-order valence-corrected chi connectivity index (χ1v) is 6.44. The minimum Gasteiger partial charge on any atom is -0.481 e. The highest BCUT2D eigenvalue weighted by molar-refractivity contribution is 5.96. The molecule has 2 aliphatic rings. The predicted molar refractivity (Wildman–Crippen MR) is 67.2 cm³/mol. The Kier molecular flexibility index (Phi) is 2.88. The monoisotopic (exact) mass is 268 g/mol. The molecule has 19 heavy (non-hydrogen) atoms. The van der Waals surface area contributed by atoms with E-state index in [-0.39, 0.29) is 11.8 Å². The predicted octanol–water partition coefficient (Wildman–Crippen LogP) is 0.0802. The van der Waals surface area contributed by atoms with Crippen LogP contribution >= 0.6 is 0 Å². The highest BCUT2D eigenvalue weighted by atomic mass is 16.4. The molecule has 0 bridgehead atoms. The van der Waals surface area contributed by atoms with Crippen LogP contribution in [0.3, 0.4) is 0 Å². The van der Waals surface area contributed by atoms with Crippen LogP contribution in [0.2, 0.25) is 0 Å². The number of hydrogen-bond donors (Lipinski definition) is 2. The van der Waals surface area contributed by atoms with E-state index in [1.807, 2.05) is 0 Å². The number of rotatable bonds is 2. The van der Waals surface area contributed by atoms with Gasteiger partial charge in [-0.1, -0.05) is 13.8 Å². The van der Waals surface area contributed by atoms with Crippen molar-refractivity contribution in [3.05, 3.63) is 0 Å². The lowest BCUT2D eigenvalue weighted by molar-refractivity contribution is -0.151. The second-order valence-corrected chi connectivity index (χ2v) is 6.42. The maximum atomic E-state index is 12.5. The van der Waals surface area contributed by atoms with E-state index >= 15 is 0 Å². The molecule has 2 unspecified atom stereocenters. The number of amides is 2. The van der Waals surface area contributed by atoms with Gasteiger partial charge in [0.05, 0.1) is 11.8 Å². The van der Waals surface area contributed by atoms with Gasteiger partial charge in [0.15, 0.2) is 0 Å². The van der Waals surface area contributed by atoms with E-state index in [9.17, 15) is 14.4 Å². The average molecular weight is 268 g/mol. The van der Waals surface area contributed by atoms with Crippen LogP contribution in [-0.4, -0.2) is 46.4 Å². The maximum Gasteiger partial charge on any atom is 0.307 e. The third kappa shape index (κ3) is 1.89. The number of carboxylic acid groups (broad SMARTS) is 1. The van der Waals surface area contributed by atoms with Crippen molar-refractivity contribution in [3.63, 3.8) is 0 Å². The van der Waals surface area contributed by atoms with E-state index in [1.165, 1.54) is 4.90 Å². The lowest BCUT2D eigenvalue weighted by atomic mass is 9.97. The van der Waals surface area contributed by atoms with Crippen LogP contribution < -0.4 is 5.32 Å². The first kappa shape index (κ1) is 13.8. The summed E-state index contributed by atoms with van der Waals surface area (Å²) in [5.74, 6) is -2.55. The maximum absolute atomic E-state index is 12.5. The number of nitrogens with zero attached hydrogens (tertiary/aromatic N) is 1. The molecule has 1 heterocycles. The zero-order valence-electron chi connectivity index (χ0n) is 11.7. The first-order valence-electron chi connectivity index (χ1n) is 6.44. The molecule has 0 aromatic carbocycles. The number of carbonyl (C=O) groups excluding carboxylic acids is 2. The molecular formula is C13H20N2O4. The fourth-order valence-corrected chi connectivity index (χ4v) is 3.01. The molecule has 2 N–H and O–H groups in total. The molecule has 106 valence electrons. The van der Waals surface area contributed by atoms with E-state index < -0.39 is 28.8 Å². The Morgan fingerprint density at radius 3 is 2.32 bits per heavy atom. The summed E-state index contributed by atoms with van der Waals surface area (Å²) in [6.07, 6.45) is 0. The molecule has 1 saturated carbocycles. The quantitative estimate of drug-likeness (QED) is 0.742. The van der Waals surface area contributed by atoms with Crippen molar-refractivity contribution >= 4 is 17.8 Å². The summed E-state index contributed by atoms with van der Waals surface area (Å²) in [5.41, 5.74) is -1.45. The van der Waals surface area contributed by atoms with Gasteiger partial charge < -0.3 is 15.3 Å². The fourth-order valence-electron chi connectivity index (χ4n) is 3.01. The molecular weight excluding hydrogens is 248 g/mol. The van der Waals surface area contributed by atoms with Gasteiger partial charge in [-0.15, -0.1) is 0 Å². The molecule has 2 amide bonds. The Hall–Kier alpha value is -1.59. The molecule has 0 radical (unpaired) electrons. The van der Waals surface area contributed by atoms with Gasteiger partial charge in [0.25, 0.3) is 0 Å². The Labute approximate surface area is 112 Å². The smallest absolute Gasteiger partial charge is 0.307 e. The molecule has 2 fully saturated rings. The van der Waals surface area contributed by atoms with Crippen LogP contribution in [0.15, 0.2) is 0 Å². The first-order chi connectivity index (χ1) is 8.61. The zero-order chi connectivity index (χ0) is 14.6. The molecule has 1 aliphatic heterocycles. The fraction of sp³-hybridized carbons (Fsp3) is 0.769. The molecule has 0 aromatic rings. The summed E-state index contributed by atoms with van der Waals surface area (Å²) in [7, 11) is 0. The van der Waals surface area contributed by atoms with Gasteiger partial charge in [-0.3, -0.25) is 14.4 Å². The lowest BCUT2D eigenvalue weighted by Crippen LogP contribution is -2.63. The van der Waals surface area contributed by atoms with E-state index in [0.717, 1.165) is 0 Å². The van der Waals surface area contributed by atoms with Crippen molar-refractivity contribution in [2.24, 2.45) is 17.3 Å². The summed E-state index contributed by atoms with van der Waals surface area (Å²) in [6.45, 7) is 7.78. The highest BCUT2D eigenvalue weighted by Gasteiger charge is 2.67. The van der Waals surface area contributed by atoms with Crippen LogP contribution in [-0.2, 0) is 14.4 Å². The highest BCUT2D eigenvalue weighted by Crippen LogP contribution is 2.59. The second-order valence-electron chi connectivity index (χ2n) is 6.42. The number of nitrogens with one attached hydrogen (secondary N) is 1. The van der Waals surface area contributed by atoms with Crippen LogP contribution in [0, 0.1) is 17.3 Å². The molecule has 2 rings (SSSR count). The SMILES string of the molecule is CC1(C)C(C(=O)O)C1C(=O)N1CCNC(=O)C1(C)C. The standard InChI is InChI=1S/C13H20N2O4/c1-12(2)7(8(12)10(17)18)9(16)15-6-5-14-11(19)13(15,3)4/h7-8H,5-6H2,1-4H3,(H,14,19)(H,17,18). The zero-order valence-corrected chi connectivity index (χ0v) is 11.7. The summed E-state index contributed by atoms with van der Waals surface area (Å²) < 4.78 is 0. The van der Waals surface area contributed by atoms with Crippen LogP contribution in [0.25, 0.3) is 0 Å². The molecule has 0 aromatic heterocycles. The second kappa shape index (κ2) is 3.95. The number of aliphatic carboxylic acids is 1. The van der Waals surface area contributed by atoms with Gasteiger partial charge in [0.2, 0.25) is 11.8 Å². The summed E-state index contributed by atoms with van der Waals surface area (Å²) in [4.78, 5) is 37.0. The summed E-state index contributed by atoms with van der Waals surface area (Å²) in [5, 5.41) is 11.9. The minimum atomic E-state index is -0.942. The number of carbonyl (C=O) groups is 3.